The number of hydrogen-bond acceptors (Lipinski definition) is 5. The van der Waals surface area contributed by atoms with Crippen molar-refractivity contribution >= 4 is 45.0 Å². The first-order valence-electron chi connectivity index (χ1n) is 8.90. The highest BCUT2D eigenvalue weighted by Gasteiger charge is 2.30. The van der Waals surface area contributed by atoms with Gasteiger partial charge in [-0.3, -0.25) is 4.79 Å². The fourth-order valence-electron chi connectivity index (χ4n) is 3.02. The number of nitrogens with one attached hydrogen (secondary N) is 3. The number of alkyl halides is 3. The monoisotopic (exact) mass is 477 g/mol. The molecule has 30 heavy (non-hydrogen) atoms. The molecule has 0 spiro atoms. The third kappa shape index (κ3) is 4.54. The first-order valence-corrected chi connectivity index (χ1v) is 9.69. The number of rotatable bonds is 5. The van der Waals surface area contributed by atoms with Crippen molar-refractivity contribution in [3.63, 3.8) is 0 Å². The van der Waals surface area contributed by atoms with E-state index >= 15 is 0 Å². The minimum atomic E-state index is -4.39. The fourth-order valence-corrected chi connectivity index (χ4v) is 3.35. The molecule has 10 heteroatoms. The quantitative estimate of drug-likeness (QED) is 0.475. The number of fused-ring (bicyclic) bond motifs is 1. The summed E-state index contributed by atoms with van der Waals surface area (Å²) in [6.07, 6.45) is -2.50. The Labute approximate surface area is 178 Å². The van der Waals surface area contributed by atoms with Crippen LogP contribution in [0.5, 0.6) is 0 Å². The summed E-state index contributed by atoms with van der Waals surface area (Å²) in [7, 11) is 0. The van der Waals surface area contributed by atoms with Crippen molar-refractivity contribution < 1.29 is 18.0 Å². The zero-order valence-corrected chi connectivity index (χ0v) is 16.9. The second kappa shape index (κ2) is 7.94. The van der Waals surface area contributed by atoms with Gasteiger partial charge in [-0.2, -0.15) is 18.2 Å². The van der Waals surface area contributed by atoms with Crippen molar-refractivity contribution in [2.75, 3.05) is 16.0 Å². The number of amides is 1. The van der Waals surface area contributed by atoms with Crippen LogP contribution < -0.4 is 16.0 Å². The van der Waals surface area contributed by atoms with Gasteiger partial charge in [0.05, 0.1) is 16.5 Å². The number of carbonyl (C=O) groups is 1. The Hall–Kier alpha value is -3.14. The molecule has 3 N–H and O–H groups in total. The summed E-state index contributed by atoms with van der Waals surface area (Å²) >= 11 is 3.34. The summed E-state index contributed by atoms with van der Waals surface area (Å²) in [4.78, 5) is 20.1. The average Bonchev–Trinajstić information content (AvgIpc) is 3.07. The van der Waals surface area contributed by atoms with Crippen LogP contribution in [0.15, 0.2) is 53.1 Å². The number of halogens is 4. The zero-order valence-electron chi connectivity index (χ0n) is 15.3. The van der Waals surface area contributed by atoms with E-state index in [0.717, 1.165) is 23.4 Å². The van der Waals surface area contributed by atoms with Crippen LogP contribution in [-0.4, -0.2) is 15.9 Å². The SMILES string of the molecule is O=C1Cc2ccc(Nc3ncc(Br)c(NCc4cccc(C(F)(F)F)c4)n3)cc2N1. The van der Waals surface area contributed by atoms with Crippen LogP contribution in [0.25, 0.3) is 0 Å². The lowest BCUT2D eigenvalue weighted by atomic mass is 10.1. The molecule has 1 amide bonds. The van der Waals surface area contributed by atoms with E-state index in [2.05, 4.69) is 41.8 Å². The Morgan fingerprint density at radius 2 is 2.00 bits per heavy atom. The molecular weight excluding hydrogens is 463 g/mol. The Kier molecular flexibility index (Phi) is 5.33. The second-order valence-electron chi connectivity index (χ2n) is 6.66. The van der Waals surface area contributed by atoms with Crippen LogP contribution in [0.3, 0.4) is 0 Å². The molecule has 0 fully saturated rings. The van der Waals surface area contributed by atoms with Crippen LogP contribution in [0, 0.1) is 0 Å². The van der Waals surface area contributed by atoms with Crippen LogP contribution in [-0.2, 0) is 23.9 Å². The topological polar surface area (TPSA) is 78.9 Å². The Morgan fingerprint density at radius 1 is 1.17 bits per heavy atom. The molecule has 0 saturated heterocycles. The summed E-state index contributed by atoms with van der Waals surface area (Å²) in [5.74, 6) is 0.677. The number of aromatic nitrogens is 2. The largest absolute Gasteiger partial charge is 0.416 e. The molecule has 4 rings (SSSR count). The van der Waals surface area contributed by atoms with Crippen LogP contribution in [0.4, 0.5) is 36.3 Å². The predicted molar refractivity (Wildman–Crippen MR) is 111 cm³/mol. The second-order valence-corrected chi connectivity index (χ2v) is 7.52. The van der Waals surface area contributed by atoms with Crippen molar-refractivity contribution in [3.8, 4) is 0 Å². The molecule has 0 bridgehead atoms. The van der Waals surface area contributed by atoms with Gasteiger partial charge >= 0.3 is 6.18 Å². The third-order valence-electron chi connectivity index (χ3n) is 4.45. The molecule has 6 nitrogen and oxygen atoms in total. The smallest absolute Gasteiger partial charge is 0.365 e. The van der Waals surface area contributed by atoms with Crippen molar-refractivity contribution in [2.24, 2.45) is 0 Å². The van der Waals surface area contributed by atoms with E-state index in [1.54, 1.807) is 18.3 Å². The van der Waals surface area contributed by atoms with E-state index in [0.29, 0.717) is 33.9 Å². The lowest BCUT2D eigenvalue weighted by Crippen LogP contribution is -2.08. The van der Waals surface area contributed by atoms with Gasteiger partial charge in [0.2, 0.25) is 11.9 Å². The van der Waals surface area contributed by atoms with Gasteiger partial charge < -0.3 is 16.0 Å². The molecule has 0 unspecified atom stereocenters. The molecule has 2 aromatic carbocycles. The Balaban J connectivity index is 1.48. The van der Waals surface area contributed by atoms with Gasteiger partial charge in [0, 0.05) is 24.1 Å². The molecule has 1 aliphatic rings. The van der Waals surface area contributed by atoms with E-state index in [-0.39, 0.29) is 12.5 Å². The van der Waals surface area contributed by atoms with Crippen molar-refractivity contribution in [1.82, 2.24) is 9.97 Å². The maximum atomic E-state index is 12.9. The van der Waals surface area contributed by atoms with E-state index in [1.807, 2.05) is 12.1 Å². The van der Waals surface area contributed by atoms with Crippen molar-refractivity contribution in [2.45, 2.75) is 19.1 Å². The van der Waals surface area contributed by atoms with Gasteiger partial charge in [0.15, 0.2) is 0 Å². The highest BCUT2D eigenvalue weighted by atomic mass is 79.9. The molecule has 0 atom stereocenters. The summed E-state index contributed by atoms with van der Waals surface area (Å²) in [6, 6.07) is 10.6. The molecule has 3 aromatic rings. The molecule has 2 heterocycles. The lowest BCUT2D eigenvalue weighted by Gasteiger charge is -2.12. The number of hydrogen-bond donors (Lipinski definition) is 3. The first-order chi connectivity index (χ1) is 14.3. The van der Waals surface area contributed by atoms with Crippen LogP contribution in [0.1, 0.15) is 16.7 Å². The average molecular weight is 478 g/mol. The number of anilines is 4. The molecule has 0 aliphatic carbocycles. The Bertz CT molecular complexity index is 1120. The standard InChI is InChI=1S/C20H15BrF3N5O/c21-15-10-26-19(27-14-5-4-12-7-17(30)28-16(12)8-14)29-18(15)25-9-11-2-1-3-13(6-11)20(22,23)24/h1-6,8,10H,7,9H2,(H,28,30)(H2,25,26,27,29). The molecule has 0 radical (unpaired) electrons. The molecule has 0 saturated carbocycles. The van der Waals surface area contributed by atoms with E-state index in [9.17, 15) is 18.0 Å². The van der Waals surface area contributed by atoms with Gasteiger partial charge in [0.25, 0.3) is 0 Å². The maximum Gasteiger partial charge on any atom is 0.416 e. The van der Waals surface area contributed by atoms with E-state index in [1.165, 1.54) is 6.07 Å². The number of nitrogens with zero attached hydrogens (tertiary/aromatic N) is 2. The van der Waals surface area contributed by atoms with E-state index in [4.69, 9.17) is 0 Å². The van der Waals surface area contributed by atoms with Gasteiger partial charge in [-0.1, -0.05) is 18.2 Å². The van der Waals surface area contributed by atoms with Gasteiger partial charge in [-0.15, -0.1) is 0 Å². The fraction of sp³-hybridized carbons (Fsp3) is 0.150. The van der Waals surface area contributed by atoms with Crippen LogP contribution >= 0.6 is 15.9 Å². The predicted octanol–water partition coefficient (Wildman–Crippen LogP) is 5.11. The van der Waals surface area contributed by atoms with Gasteiger partial charge in [-0.05, 0) is 51.3 Å². The first kappa shape index (κ1) is 20.1. The Morgan fingerprint density at radius 3 is 2.80 bits per heavy atom. The third-order valence-corrected chi connectivity index (χ3v) is 5.03. The molecular formula is C20H15BrF3N5O. The minimum absolute atomic E-state index is 0.0527. The number of carbonyl (C=O) groups excluding carboxylic acids is 1. The summed E-state index contributed by atoms with van der Waals surface area (Å²) in [6.45, 7) is 0.157. The van der Waals surface area contributed by atoms with Gasteiger partial charge in [-0.25, -0.2) is 4.98 Å². The summed E-state index contributed by atoms with van der Waals surface area (Å²) in [5.41, 5.74) is 2.13. The minimum Gasteiger partial charge on any atom is -0.365 e. The lowest BCUT2D eigenvalue weighted by molar-refractivity contribution is -0.137. The molecule has 154 valence electrons. The van der Waals surface area contributed by atoms with Crippen molar-refractivity contribution in [3.05, 3.63) is 69.8 Å². The summed E-state index contributed by atoms with van der Waals surface area (Å²) < 4.78 is 39.2. The van der Waals surface area contributed by atoms with E-state index < -0.39 is 11.7 Å². The van der Waals surface area contributed by atoms with Crippen LogP contribution in [0.2, 0.25) is 0 Å². The van der Waals surface area contributed by atoms with Crippen molar-refractivity contribution in [1.29, 1.82) is 0 Å². The molecule has 1 aromatic heterocycles. The number of benzene rings is 2. The summed E-state index contributed by atoms with van der Waals surface area (Å²) in [5, 5.41) is 8.86. The zero-order chi connectivity index (χ0) is 21.3. The maximum absolute atomic E-state index is 12.9. The van der Waals surface area contributed by atoms with Gasteiger partial charge in [0.1, 0.15) is 5.82 Å². The highest BCUT2D eigenvalue weighted by Crippen LogP contribution is 2.30. The molecule has 1 aliphatic heterocycles. The highest BCUT2D eigenvalue weighted by molar-refractivity contribution is 9.10. The normalized spacial score (nSPS) is 13.0.